The molecule has 2 aliphatic rings. The molecule has 1 heteroatoms. The molecule has 0 N–H and O–H groups in total. The summed E-state index contributed by atoms with van der Waals surface area (Å²) in [5.41, 5.74) is 0. The normalized spacial score (nSPS) is 24.4. The van der Waals surface area contributed by atoms with Crippen molar-refractivity contribution in [3.05, 3.63) is 0 Å². The van der Waals surface area contributed by atoms with Gasteiger partial charge in [0.25, 0.3) is 0 Å². The van der Waals surface area contributed by atoms with Crippen LogP contribution < -0.4 is 0 Å². The van der Waals surface area contributed by atoms with E-state index in [2.05, 4.69) is 6.92 Å². The van der Waals surface area contributed by atoms with Crippen molar-refractivity contribution in [3.8, 4) is 0 Å². The van der Waals surface area contributed by atoms with Gasteiger partial charge in [0.1, 0.15) is 0 Å². The highest BCUT2D eigenvalue weighted by Crippen LogP contribution is 2.37. The first kappa shape index (κ1) is 13.4. The highest BCUT2D eigenvalue weighted by Gasteiger charge is 2.31. The molecule has 0 spiro atoms. The van der Waals surface area contributed by atoms with Gasteiger partial charge in [-0.1, -0.05) is 45.4 Å². The zero-order chi connectivity index (χ0) is 11.9. The number of ether oxygens (including phenoxy) is 1. The van der Waals surface area contributed by atoms with E-state index in [1.807, 2.05) is 0 Å². The van der Waals surface area contributed by atoms with Gasteiger partial charge in [-0.2, -0.15) is 0 Å². The first-order valence-corrected chi connectivity index (χ1v) is 8.03. The number of rotatable bonds is 5. The predicted octanol–water partition coefficient (Wildman–Crippen LogP) is 4.94. The fourth-order valence-electron chi connectivity index (χ4n) is 3.84. The number of hydrogen-bond acceptors (Lipinski definition) is 1. The van der Waals surface area contributed by atoms with Gasteiger partial charge in [-0.25, -0.2) is 0 Å². The van der Waals surface area contributed by atoms with Gasteiger partial charge >= 0.3 is 0 Å². The van der Waals surface area contributed by atoms with Gasteiger partial charge in [-0.05, 0) is 43.9 Å². The minimum Gasteiger partial charge on any atom is -0.378 e. The van der Waals surface area contributed by atoms with Crippen molar-refractivity contribution in [3.63, 3.8) is 0 Å². The third kappa shape index (κ3) is 3.98. The van der Waals surface area contributed by atoms with Crippen LogP contribution in [0.25, 0.3) is 0 Å². The zero-order valence-electron chi connectivity index (χ0n) is 11.6. The highest BCUT2D eigenvalue weighted by molar-refractivity contribution is 4.82. The molecule has 2 aliphatic carbocycles. The van der Waals surface area contributed by atoms with Crippen LogP contribution in [0.5, 0.6) is 0 Å². The molecule has 100 valence electrons. The van der Waals surface area contributed by atoms with E-state index in [1.165, 1.54) is 70.6 Å². The van der Waals surface area contributed by atoms with E-state index in [0.29, 0.717) is 6.10 Å². The predicted molar refractivity (Wildman–Crippen MR) is 73.2 cm³/mol. The zero-order valence-corrected chi connectivity index (χ0v) is 11.6. The number of hydrogen-bond donors (Lipinski definition) is 0. The Morgan fingerprint density at radius 1 is 0.824 bits per heavy atom. The second-order valence-electron chi connectivity index (χ2n) is 6.13. The van der Waals surface area contributed by atoms with Gasteiger partial charge in [0, 0.05) is 6.61 Å². The lowest BCUT2D eigenvalue weighted by molar-refractivity contribution is -0.0462. The second-order valence-corrected chi connectivity index (χ2v) is 6.13. The van der Waals surface area contributed by atoms with Gasteiger partial charge in [0.05, 0.1) is 6.10 Å². The minimum atomic E-state index is 0.607. The van der Waals surface area contributed by atoms with E-state index in [0.717, 1.165) is 18.4 Å². The summed E-state index contributed by atoms with van der Waals surface area (Å²) in [5, 5.41) is 0. The Morgan fingerprint density at radius 2 is 1.29 bits per heavy atom. The molecule has 0 heterocycles. The van der Waals surface area contributed by atoms with E-state index < -0.39 is 0 Å². The lowest BCUT2D eigenvalue weighted by Gasteiger charge is -2.37. The molecule has 0 atom stereocenters. The maximum Gasteiger partial charge on any atom is 0.0631 e. The Hall–Kier alpha value is -0.0400. The Morgan fingerprint density at radius 3 is 1.71 bits per heavy atom. The van der Waals surface area contributed by atoms with Crippen molar-refractivity contribution in [1.29, 1.82) is 0 Å². The summed E-state index contributed by atoms with van der Waals surface area (Å²) in [7, 11) is 0. The van der Waals surface area contributed by atoms with Crippen molar-refractivity contribution < 1.29 is 4.74 Å². The largest absolute Gasteiger partial charge is 0.378 e. The monoisotopic (exact) mass is 238 g/mol. The molecule has 0 saturated heterocycles. The first-order chi connectivity index (χ1) is 8.42. The SMILES string of the molecule is CCCOC(C1CCCCC1)C1CCCCC1. The molecule has 0 aromatic heterocycles. The van der Waals surface area contributed by atoms with Gasteiger partial charge in [-0.3, -0.25) is 0 Å². The van der Waals surface area contributed by atoms with Crippen LogP contribution in [0.2, 0.25) is 0 Å². The second kappa shape index (κ2) is 7.41. The molecule has 0 bridgehead atoms. The van der Waals surface area contributed by atoms with Crippen LogP contribution >= 0.6 is 0 Å². The van der Waals surface area contributed by atoms with Crippen molar-refractivity contribution in [1.82, 2.24) is 0 Å². The molecule has 0 amide bonds. The third-order valence-electron chi connectivity index (χ3n) is 4.74. The Bertz CT molecular complexity index is 172. The van der Waals surface area contributed by atoms with Crippen LogP contribution in [0.15, 0.2) is 0 Å². The lowest BCUT2D eigenvalue weighted by atomic mass is 9.75. The molecular weight excluding hydrogens is 208 g/mol. The topological polar surface area (TPSA) is 9.23 Å². The smallest absolute Gasteiger partial charge is 0.0631 e. The van der Waals surface area contributed by atoms with Crippen LogP contribution in [0.1, 0.15) is 77.6 Å². The van der Waals surface area contributed by atoms with Crippen molar-refractivity contribution in [2.24, 2.45) is 11.8 Å². The van der Waals surface area contributed by atoms with Crippen LogP contribution in [0.3, 0.4) is 0 Å². The molecule has 0 radical (unpaired) electrons. The summed E-state index contributed by atoms with van der Waals surface area (Å²) >= 11 is 0. The van der Waals surface area contributed by atoms with Crippen molar-refractivity contribution >= 4 is 0 Å². The van der Waals surface area contributed by atoms with Gasteiger partial charge in [0.2, 0.25) is 0 Å². The average molecular weight is 238 g/mol. The molecule has 1 nitrogen and oxygen atoms in total. The molecule has 0 aromatic carbocycles. The average Bonchev–Trinajstić information content (AvgIpc) is 2.42. The van der Waals surface area contributed by atoms with E-state index in [4.69, 9.17) is 4.74 Å². The fourth-order valence-corrected chi connectivity index (χ4v) is 3.84. The summed E-state index contributed by atoms with van der Waals surface area (Å²) in [6.07, 6.45) is 16.2. The molecule has 0 aliphatic heterocycles. The van der Waals surface area contributed by atoms with Crippen molar-refractivity contribution in [2.75, 3.05) is 6.61 Å². The Labute approximate surface area is 107 Å². The maximum absolute atomic E-state index is 6.27. The standard InChI is InChI=1S/C16H30O/c1-2-13-17-16(14-9-5-3-6-10-14)15-11-7-4-8-12-15/h14-16H,2-13H2,1H3. The molecule has 2 fully saturated rings. The van der Waals surface area contributed by atoms with Crippen molar-refractivity contribution in [2.45, 2.75) is 83.7 Å². The summed E-state index contributed by atoms with van der Waals surface area (Å²) in [6, 6.07) is 0. The molecule has 17 heavy (non-hydrogen) atoms. The first-order valence-electron chi connectivity index (χ1n) is 8.03. The summed E-state index contributed by atoms with van der Waals surface area (Å²) in [5.74, 6) is 1.77. The molecule has 2 saturated carbocycles. The fraction of sp³-hybridized carbons (Fsp3) is 1.00. The van der Waals surface area contributed by atoms with E-state index in [-0.39, 0.29) is 0 Å². The van der Waals surface area contributed by atoms with E-state index in [1.54, 1.807) is 0 Å². The van der Waals surface area contributed by atoms with Gasteiger partial charge < -0.3 is 4.74 Å². The molecule has 0 aromatic rings. The third-order valence-corrected chi connectivity index (χ3v) is 4.74. The molecule has 0 unspecified atom stereocenters. The quantitative estimate of drug-likeness (QED) is 0.659. The summed E-state index contributed by atoms with van der Waals surface area (Å²) in [4.78, 5) is 0. The maximum atomic E-state index is 6.27. The van der Waals surface area contributed by atoms with E-state index >= 15 is 0 Å². The summed E-state index contributed by atoms with van der Waals surface area (Å²) < 4.78 is 6.27. The Balaban J connectivity index is 1.90. The Kier molecular flexibility index (Phi) is 5.84. The van der Waals surface area contributed by atoms with Crippen LogP contribution in [-0.2, 0) is 4.74 Å². The lowest BCUT2D eigenvalue weighted by Crippen LogP contribution is -2.35. The minimum absolute atomic E-state index is 0.607. The highest BCUT2D eigenvalue weighted by atomic mass is 16.5. The molecule has 2 rings (SSSR count). The van der Waals surface area contributed by atoms with Crippen LogP contribution in [0, 0.1) is 11.8 Å². The van der Waals surface area contributed by atoms with E-state index in [9.17, 15) is 0 Å². The van der Waals surface area contributed by atoms with Crippen LogP contribution in [0.4, 0.5) is 0 Å². The van der Waals surface area contributed by atoms with Gasteiger partial charge in [-0.15, -0.1) is 0 Å². The summed E-state index contributed by atoms with van der Waals surface area (Å²) in [6.45, 7) is 3.22. The molecular formula is C16H30O. The van der Waals surface area contributed by atoms with Gasteiger partial charge in [0.15, 0.2) is 0 Å². The van der Waals surface area contributed by atoms with Crippen LogP contribution in [-0.4, -0.2) is 12.7 Å².